The molecule has 0 aliphatic carbocycles. The Morgan fingerprint density at radius 3 is 3.00 bits per heavy atom. The van der Waals surface area contributed by atoms with Gasteiger partial charge in [0.2, 0.25) is 0 Å². The molecule has 1 aromatic rings. The van der Waals surface area contributed by atoms with E-state index in [2.05, 4.69) is 10.3 Å². The second-order valence-corrected chi connectivity index (χ2v) is 3.26. The van der Waals surface area contributed by atoms with Gasteiger partial charge >= 0.3 is 0 Å². The summed E-state index contributed by atoms with van der Waals surface area (Å²) in [5, 5.41) is 3.31. The van der Waals surface area contributed by atoms with Gasteiger partial charge in [-0.1, -0.05) is 0 Å². The summed E-state index contributed by atoms with van der Waals surface area (Å²) in [7, 11) is 0. The molecule has 13 heavy (non-hydrogen) atoms. The predicted molar refractivity (Wildman–Crippen MR) is 50.6 cm³/mol. The average Bonchev–Trinajstić information content (AvgIpc) is 2.21. The zero-order valence-corrected chi connectivity index (χ0v) is 7.57. The molecule has 1 N–H and O–H groups in total. The molecule has 0 aromatic carbocycles. The highest BCUT2D eigenvalue weighted by molar-refractivity contribution is 5.11. The van der Waals surface area contributed by atoms with Crippen molar-refractivity contribution in [3.8, 4) is 0 Å². The average molecular weight is 178 g/mol. The molecule has 70 valence electrons. The summed E-state index contributed by atoms with van der Waals surface area (Å²) in [6.45, 7) is 2.77. The van der Waals surface area contributed by atoms with Crippen LogP contribution in [0.25, 0.3) is 0 Å². The molecule has 3 nitrogen and oxygen atoms in total. The lowest BCUT2D eigenvalue weighted by Crippen LogP contribution is -2.39. The van der Waals surface area contributed by atoms with E-state index < -0.39 is 0 Å². The van der Waals surface area contributed by atoms with Crippen molar-refractivity contribution < 1.29 is 4.74 Å². The number of nitrogens with zero attached hydrogens (tertiary/aromatic N) is 1. The number of nitrogens with one attached hydrogen (secondary N) is 1. The maximum Gasteiger partial charge on any atom is 0.0740 e. The summed E-state index contributed by atoms with van der Waals surface area (Å²) in [4.78, 5) is 3.98. The van der Waals surface area contributed by atoms with E-state index in [1.807, 2.05) is 24.5 Å². The van der Waals surface area contributed by atoms with E-state index in [9.17, 15) is 0 Å². The molecular formula is C10H14N2O. The molecule has 1 fully saturated rings. The lowest BCUT2D eigenvalue weighted by molar-refractivity contribution is 0.0292. The molecule has 1 aliphatic heterocycles. The minimum absolute atomic E-state index is 0.330. The largest absolute Gasteiger partial charge is 0.375 e. The van der Waals surface area contributed by atoms with E-state index in [-0.39, 0.29) is 0 Å². The van der Waals surface area contributed by atoms with Crippen molar-refractivity contribution in [3.05, 3.63) is 30.1 Å². The molecule has 0 saturated carbocycles. The van der Waals surface area contributed by atoms with Crippen LogP contribution in [-0.2, 0) is 11.2 Å². The van der Waals surface area contributed by atoms with Crippen molar-refractivity contribution in [2.45, 2.75) is 12.5 Å². The standard InChI is InChI=1S/C10H14N2O/c1-3-11-4-2-9(1)7-10-8-12-5-6-13-10/h1-4,10,12H,5-8H2. The fraction of sp³-hybridized carbons (Fsp3) is 0.500. The van der Waals surface area contributed by atoms with Crippen molar-refractivity contribution >= 4 is 0 Å². The molecule has 3 heteroatoms. The number of hydrogen-bond acceptors (Lipinski definition) is 3. The monoisotopic (exact) mass is 178 g/mol. The number of morpholine rings is 1. The summed E-state index contributed by atoms with van der Waals surface area (Å²) < 4.78 is 5.60. The Balaban J connectivity index is 1.90. The number of ether oxygens (including phenoxy) is 1. The van der Waals surface area contributed by atoms with Gasteiger partial charge in [0.05, 0.1) is 12.7 Å². The van der Waals surface area contributed by atoms with Gasteiger partial charge in [-0.3, -0.25) is 4.98 Å². The fourth-order valence-corrected chi connectivity index (χ4v) is 1.53. The van der Waals surface area contributed by atoms with Gasteiger partial charge in [-0.2, -0.15) is 0 Å². The maximum atomic E-state index is 5.60. The molecule has 1 aromatic heterocycles. The summed E-state index contributed by atoms with van der Waals surface area (Å²) in [5.41, 5.74) is 1.30. The molecule has 1 saturated heterocycles. The summed E-state index contributed by atoms with van der Waals surface area (Å²) in [5.74, 6) is 0. The third-order valence-corrected chi connectivity index (χ3v) is 2.22. The normalized spacial score (nSPS) is 22.9. The zero-order valence-electron chi connectivity index (χ0n) is 7.57. The number of rotatable bonds is 2. The van der Waals surface area contributed by atoms with Crippen LogP contribution in [0.1, 0.15) is 5.56 Å². The molecule has 0 spiro atoms. The van der Waals surface area contributed by atoms with Gasteiger partial charge in [0, 0.05) is 25.5 Å². The van der Waals surface area contributed by atoms with E-state index in [0.717, 1.165) is 26.1 Å². The van der Waals surface area contributed by atoms with E-state index in [0.29, 0.717) is 6.10 Å². The Kier molecular flexibility index (Phi) is 2.90. The topological polar surface area (TPSA) is 34.1 Å². The van der Waals surface area contributed by atoms with E-state index in [4.69, 9.17) is 4.74 Å². The van der Waals surface area contributed by atoms with Crippen LogP contribution in [0.4, 0.5) is 0 Å². The molecule has 1 atom stereocenters. The van der Waals surface area contributed by atoms with Gasteiger partial charge in [0.1, 0.15) is 0 Å². The molecular weight excluding hydrogens is 164 g/mol. The van der Waals surface area contributed by atoms with Gasteiger partial charge < -0.3 is 10.1 Å². The van der Waals surface area contributed by atoms with E-state index in [1.165, 1.54) is 5.56 Å². The number of aromatic nitrogens is 1. The summed E-state index contributed by atoms with van der Waals surface area (Å²) in [6.07, 6.45) is 4.96. The van der Waals surface area contributed by atoms with Crippen molar-refractivity contribution in [2.24, 2.45) is 0 Å². The highest BCUT2D eigenvalue weighted by Crippen LogP contribution is 2.05. The Labute approximate surface area is 78.1 Å². The SMILES string of the molecule is c1cc(CC2CNCCO2)ccn1. The minimum atomic E-state index is 0.330. The Morgan fingerprint density at radius 1 is 1.46 bits per heavy atom. The van der Waals surface area contributed by atoms with Crippen LogP contribution < -0.4 is 5.32 Å². The lowest BCUT2D eigenvalue weighted by Gasteiger charge is -2.23. The fourth-order valence-electron chi connectivity index (χ4n) is 1.53. The quantitative estimate of drug-likeness (QED) is 0.720. The van der Waals surface area contributed by atoms with Gasteiger partial charge in [0.15, 0.2) is 0 Å². The Hall–Kier alpha value is -0.930. The lowest BCUT2D eigenvalue weighted by atomic mass is 10.1. The van der Waals surface area contributed by atoms with Gasteiger partial charge in [-0.15, -0.1) is 0 Å². The highest BCUT2D eigenvalue weighted by atomic mass is 16.5. The van der Waals surface area contributed by atoms with Crippen LogP contribution in [-0.4, -0.2) is 30.8 Å². The van der Waals surface area contributed by atoms with Gasteiger partial charge in [0.25, 0.3) is 0 Å². The third-order valence-electron chi connectivity index (χ3n) is 2.22. The first kappa shape index (κ1) is 8.66. The van der Waals surface area contributed by atoms with Crippen LogP contribution >= 0.6 is 0 Å². The molecule has 0 radical (unpaired) electrons. The molecule has 0 amide bonds. The van der Waals surface area contributed by atoms with Crippen LogP contribution in [0, 0.1) is 0 Å². The van der Waals surface area contributed by atoms with Gasteiger partial charge in [-0.05, 0) is 24.1 Å². The van der Waals surface area contributed by atoms with Crippen molar-refractivity contribution in [1.29, 1.82) is 0 Å². The molecule has 1 unspecified atom stereocenters. The van der Waals surface area contributed by atoms with Crippen LogP contribution in [0.15, 0.2) is 24.5 Å². The third kappa shape index (κ3) is 2.50. The van der Waals surface area contributed by atoms with Gasteiger partial charge in [-0.25, -0.2) is 0 Å². The van der Waals surface area contributed by atoms with Crippen molar-refractivity contribution in [1.82, 2.24) is 10.3 Å². The second-order valence-electron chi connectivity index (χ2n) is 3.26. The zero-order chi connectivity index (χ0) is 8.93. The molecule has 2 heterocycles. The first-order valence-corrected chi connectivity index (χ1v) is 4.66. The molecule has 1 aliphatic rings. The molecule has 2 rings (SSSR count). The minimum Gasteiger partial charge on any atom is -0.375 e. The summed E-state index contributed by atoms with van der Waals surface area (Å²) in [6, 6.07) is 4.08. The Morgan fingerprint density at radius 2 is 2.31 bits per heavy atom. The maximum absolute atomic E-state index is 5.60. The van der Waals surface area contributed by atoms with E-state index >= 15 is 0 Å². The van der Waals surface area contributed by atoms with Crippen molar-refractivity contribution in [3.63, 3.8) is 0 Å². The first-order valence-electron chi connectivity index (χ1n) is 4.66. The predicted octanol–water partition coefficient (Wildman–Crippen LogP) is 0.612. The van der Waals surface area contributed by atoms with E-state index in [1.54, 1.807) is 0 Å². The smallest absolute Gasteiger partial charge is 0.0740 e. The number of hydrogen-bond donors (Lipinski definition) is 1. The summed E-state index contributed by atoms with van der Waals surface area (Å²) >= 11 is 0. The Bertz CT molecular complexity index is 244. The highest BCUT2D eigenvalue weighted by Gasteiger charge is 2.13. The van der Waals surface area contributed by atoms with Crippen LogP contribution in [0.3, 0.4) is 0 Å². The van der Waals surface area contributed by atoms with Crippen LogP contribution in [0.2, 0.25) is 0 Å². The van der Waals surface area contributed by atoms with Crippen molar-refractivity contribution in [2.75, 3.05) is 19.7 Å². The first-order chi connectivity index (χ1) is 6.45. The van der Waals surface area contributed by atoms with Crippen LogP contribution in [0.5, 0.6) is 0 Å². The number of pyridine rings is 1. The second kappa shape index (κ2) is 4.35. The molecule has 0 bridgehead atoms.